The van der Waals surface area contributed by atoms with Gasteiger partial charge in [-0.1, -0.05) is 142 Å². The average molecular weight is 641 g/mol. The molecular weight excluding hydrogens is 575 g/mol. The van der Waals surface area contributed by atoms with E-state index in [1.54, 1.807) is 0 Å². The molecule has 0 aromatic heterocycles. The van der Waals surface area contributed by atoms with Crippen molar-refractivity contribution in [2.24, 2.45) is 0 Å². The maximum Gasteiger partial charge on any atom is 0.584 e. The smallest absolute Gasteiger partial charge is 0.395 e. The van der Waals surface area contributed by atoms with Crippen molar-refractivity contribution in [1.29, 1.82) is 0 Å². The largest absolute Gasteiger partial charge is 0.584 e. The van der Waals surface area contributed by atoms with Crippen molar-refractivity contribution >= 4 is 7.82 Å². The summed E-state index contributed by atoms with van der Waals surface area (Å²) >= 11 is 0. The van der Waals surface area contributed by atoms with Crippen molar-refractivity contribution in [1.82, 2.24) is 0 Å². The Labute approximate surface area is 276 Å². The van der Waals surface area contributed by atoms with Crippen molar-refractivity contribution < 1.29 is 18.5 Å². The molecule has 4 nitrogen and oxygen atoms in total. The summed E-state index contributed by atoms with van der Waals surface area (Å²) in [6.45, 7) is 11.2. The summed E-state index contributed by atoms with van der Waals surface area (Å²) in [5, 5.41) is 0. The lowest BCUT2D eigenvalue weighted by Crippen LogP contribution is -2.18. The fourth-order valence-electron chi connectivity index (χ4n) is 7.08. The molecule has 1 aliphatic rings. The molecule has 1 aliphatic heterocycles. The fourth-order valence-corrected chi connectivity index (χ4v) is 8.01. The van der Waals surface area contributed by atoms with Gasteiger partial charge in [0.2, 0.25) is 0 Å². The average Bonchev–Trinajstić information content (AvgIpc) is 3.02. The van der Waals surface area contributed by atoms with Crippen LogP contribution in [0.5, 0.6) is 11.5 Å². The first-order valence-corrected chi connectivity index (χ1v) is 20.4. The van der Waals surface area contributed by atoms with E-state index in [0.29, 0.717) is 11.5 Å². The number of rotatable bonds is 22. The fraction of sp³-hybridized carbons (Fsp3) is 0.700. The summed E-state index contributed by atoms with van der Waals surface area (Å²) in [5.74, 6) is 1.34. The molecule has 5 heteroatoms. The normalized spacial score (nSPS) is 17.6. The molecular formula is C40H65O4P. The Morgan fingerprint density at radius 1 is 0.511 bits per heavy atom. The second kappa shape index (κ2) is 20.5. The third kappa shape index (κ3) is 11.5. The highest BCUT2D eigenvalue weighted by Gasteiger charge is 2.38. The van der Waals surface area contributed by atoms with Crippen molar-refractivity contribution in [2.45, 2.75) is 182 Å². The molecule has 3 rings (SSSR count). The van der Waals surface area contributed by atoms with Gasteiger partial charge in [-0.15, -0.1) is 0 Å². The highest BCUT2D eigenvalue weighted by Crippen LogP contribution is 2.56. The molecule has 254 valence electrons. The standard InChI is InChI=1S/C40H65O4P/c1-6-11-15-17-19-21-26-32-28-30-34(24-13-8-3)39-37(32)36(23-10-5)38-33(27-22-20-18-16-12-7-2)29-31-35(25-14-9-4)40(38)44-45(41,42)43-39/h28-31,36H,6-27H2,1-5H3,(H,41,42). The summed E-state index contributed by atoms with van der Waals surface area (Å²) in [4.78, 5) is 11.4. The van der Waals surface area contributed by atoms with Crippen LogP contribution in [-0.2, 0) is 30.2 Å². The molecule has 0 saturated heterocycles. The molecule has 0 saturated carbocycles. The van der Waals surface area contributed by atoms with Crippen LogP contribution in [-0.4, -0.2) is 4.89 Å². The second-order valence-electron chi connectivity index (χ2n) is 13.5. The summed E-state index contributed by atoms with van der Waals surface area (Å²) in [6, 6.07) is 8.98. The minimum absolute atomic E-state index is 0.0774. The van der Waals surface area contributed by atoms with Gasteiger partial charge in [0.25, 0.3) is 0 Å². The van der Waals surface area contributed by atoms with E-state index < -0.39 is 7.82 Å². The van der Waals surface area contributed by atoms with Crippen LogP contribution in [0.25, 0.3) is 0 Å². The Morgan fingerprint density at radius 2 is 0.867 bits per heavy atom. The van der Waals surface area contributed by atoms with Gasteiger partial charge in [-0.3, -0.25) is 4.89 Å². The summed E-state index contributed by atoms with van der Waals surface area (Å²) in [5.41, 5.74) is 6.98. The number of phosphoric acid groups is 1. The van der Waals surface area contributed by atoms with Crippen molar-refractivity contribution in [3.63, 3.8) is 0 Å². The minimum Gasteiger partial charge on any atom is -0.395 e. The van der Waals surface area contributed by atoms with Gasteiger partial charge in [-0.2, -0.15) is 0 Å². The molecule has 0 aliphatic carbocycles. The lowest BCUT2D eigenvalue weighted by molar-refractivity contribution is 0.281. The first-order chi connectivity index (χ1) is 21.9. The van der Waals surface area contributed by atoms with E-state index in [1.807, 2.05) is 0 Å². The molecule has 0 fully saturated rings. The Bertz CT molecular complexity index is 1100. The third-order valence-corrected chi connectivity index (χ3v) is 10.4. The quantitative estimate of drug-likeness (QED) is 0.103. The van der Waals surface area contributed by atoms with Crippen LogP contribution in [0.3, 0.4) is 0 Å². The second-order valence-corrected chi connectivity index (χ2v) is 14.8. The van der Waals surface area contributed by atoms with Crippen LogP contribution < -0.4 is 9.05 Å². The molecule has 2 aromatic rings. The maximum absolute atomic E-state index is 13.9. The Hall–Kier alpha value is -1.77. The van der Waals surface area contributed by atoms with Gasteiger partial charge < -0.3 is 9.05 Å². The number of phosphoric ester groups is 1. The van der Waals surface area contributed by atoms with E-state index in [1.165, 1.54) is 75.3 Å². The lowest BCUT2D eigenvalue weighted by atomic mass is 9.78. The Morgan fingerprint density at radius 3 is 1.27 bits per heavy atom. The number of fused-ring (bicyclic) bond motifs is 2. The molecule has 0 spiro atoms. The van der Waals surface area contributed by atoms with E-state index in [4.69, 9.17) is 9.05 Å². The Kier molecular flexibility index (Phi) is 17.1. The zero-order valence-corrected chi connectivity index (χ0v) is 30.5. The molecule has 0 radical (unpaired) electrons. The first kappa shape index (κ1) is 37.7. The molecule has 1 heterocycles. The van der Waals surface area contributed by atoms with Gasteiger partial charge in [0.05, 0.1) is 0 Å². The van der Waals surface area contributed by atoms with Gasteiger partial charge in [0.1, 0.15) is 11.5 Å². The van der Waals surface area contributed by atoms with E-state index in [0.717, 1.165) is 99.3 Å². The van der Waals surface area contributed by atoms with Crippen LogP contribution >= 0.6 is 7.82 Å². The molecule has 0 bridgehead atoms. The molecule has 2 aromatic carbocycles. The predicted octanol–water partition coefficient (Wildman–Crippen LogP) is 13.0. The van der Waals surface area contributed by atoms with Crippen LogP contribution in [0, 0.1) is 0 Å². The van der Waals surface area contributed by atoms with Gasteiger partial charge in [0.15, 0.2) is 0 Å². The van der Waals surface area contributed by atoms with Crippen molar-refractivity contribution in [3.8, 4) is 11.5 Å². The molecule has 45 heavy (non-hydrogen) atoms. The molecule has 0 atom stereocenters. The first-order valence-electron chi connectivity index (χ1n) is 18.9. The highest BCUT2D eigenvalue weighted by atomic mass is 31.2. The number of unbranched alkanes of at least 4 members (excludes halogenated alkanes) is 12. The summed E-state index contributed by atoms with van der Waals surface area (Å²) < 4.78 is 26.3. The monoisotopic (exact) mass is 640 g/mol. The molecule has 0 amide bonds. The number of hydrogen-bond donors (Lipinski definition) is 1. The molecule has 0 unspecified atom stereocenters. The van der Waals surface area contributed by atoms with Gasteiger partial charge in [-0.25, -0.2) is 4.57 Å². The van der Waals surface area contributed by atoms with Crippen LogP contribution in [0.2, 0.25) is 0 Å². The number of hydrogen-bond acceptors (Lipinski definition) is 3. The van der Waals surface area contributed by atoms with Gasteiger partial charge in [0, 0.05) is 17.0 Å². The number of aryl methyl sites for hydroxylation is 4. The topological polar surface area (TPSA) is 55.8 Å². The van der Waals surface area contributed by atoms with Crippen LogP contribution in [0.1, 0.15) is 189 Å². The number of benzene rings is 2. The lowest BCUT2D eigenvalue weighted by Gasteiger charge is -2.33. The van der Waals surface area contributed by atoms with Gasteiger partial charge in [-0.05, 0) is 80.0 Å². The maximum atomic E-state index is 13.9. The van der Waals surface area contributed by atoms with Crippen LogP contribution in [0.4, 0.5) is 0 Å². The molecule has 1 N–H and O–H groups in total. The minimum atomic E-state index is -4.41. The third-order valence-electron chi connectivity index (χ3n) is 9.62. The van der Waals surface area contributed by atoms with E-state index in [-0.39, 0.29) is 5.92 Å². The zero-order chi connectivity index (χ0) is 32.5. The summed E-state index contributed by atoms with van der Waals surface area (Å²) in [6.07, 6.45) is 24.7. The zero-order valence-electron chi connectivity index (χ0n) is 29.6. The predicted molar refractivity (Wildman–Crippen MR) is 192 cm³/mol. The summed E-state index contributed by atoms with van der Waals surface area (Å²) in [7, 11) is -4.41. The van der Waals surface area contributed by atoms with Gasteiger partial charge >= 0.3 is 7.82 Å². The van der Waals surface area contributed by atoms with Crippen molar-refractivity contribution in [2.75, 3.05) is 0 Å². The van der Waals surface area contributed by atoms with E-state index in [2.05, 4.69) is 58.9 Å². The van der Waals surface area contributed by atoms with Crippen molar-refractivity contribution in [3.05, 3.63) is 57.6 Å². The van der Waals surface area contributed by atoms with E-state index in [9.17, 15) is 9.46 Å². The van der Waals surface area contributed by atoms with E-state index >= 15 is 0 Å². The Balaban J connectivity index is 2.18. The SMILES string of the molecule is CCCCCCCCc1ccc(CCCC)c2c1C(CCC)c1c(CCCCCCCC)ccc(CCCC)c1OP(=O)(O)O2. The van der Waals surface area contributed by atoms with Crippen LogP contribution in [0.15, 0.2) is 24.3 Å². The highest BCUT2D eigenvalue weighted by molar-refractivity contribution is 7.48.